The third-order valence-electron chi connectivity index (χ3n) is 2.80. The summed E-state index contributed by atoms with van der Waals surface area (Å²) in [6, 6.07) is 1.26. The molecule has 1 fully saturated rings. The molecule has 0 aromatic heterocycles. The van der Waals surface area contributed by atoms with Crippen molar-refractivity contribution < 1.29 is 4.74 Å². The van der Waals surface area contributed by atoms with Crippen LogP contribution in [0, 0.1) is 0 Å². The molecule has 0 spiro atoms. The fraction of sp³-hybridized carbons (Fsp3) is 1.00. The van der Waals surface area contributed by atoms with Gasteiger partial charge in [-0.2, -0.15) is 0 Å². The summed E-state index contributed by atoms with van der Waals surface area (Å²) in [5.74, 6) is 0. The quantitative estimate of drug-likeness (QED) is 0.699. The van der Waals surface area contributed by atoms with Gasteiger partial charge in [0.2, 0.25) is 0 Å². The van der Waals surface area contributed by atoms with Crippen LogP contribution in [-0.2, 0) is 4.74 Å². The van der Waals surface area contributed by atoms with E-state index in [4.69, 9.17) is 4.74 Å². The Bertz CT molecular complexity index is 141. The van der Waals surface area contributed by atoms with Crippen molar-refractivity contribution in [2.75, 3.05) is 33.4 Å². The van der Waals surface area contributed by atoms with Crippen molar-refractivity contribution in [2.45, 2.75) is 32.4 Å². The Hall–Kier alpha value is -0.120. The Kier molecular flexibility index (Phi) is 4.70. The molecule has 2 atom stereocenters. The first-order chi connectivity index (χ1) is 6.25. The predicted octanol–water partition coefficient (Wildman–Crippen LogP) is 0.705. The van der Waals surface area contributed by atoms with Gasteiger partial charge in [-0.15, -0.1) is 0 Å². The van der Waals surface area contributed by atoms with Crippen molar-refractivity contribution >= 4 is 0 Å². The highest BCUT2D eigenvalue weighted by atomic mass is 16.5. The lowest BCUT2D eigenvalue weighted by molar-refractivity contribution is -0.0197. The summed E-state index contributed by atoms with van der Waals surface area (Å²) in [5, 5.41) is 3.19. The van der Waals surface area contributed by atoms with Crippen molar-refractivity contribution in [3.05, 3.63) is 0 Å². The zero-order chi connectivity index (χ0) is 9.68. The molecule has 0 aromatic carbocycles. The number of morpholine rings is 1. The molecule has 78 valence electrons. The molecule has 1 heterocycles. The Morgan fingerprint density at radius 2 is 2.38 bits per heavy atom. The molecule has 3 nitrogen and oxygen atoms in total. The molecule has 13 heavy (non-hydrogen) atoms. The molecular formula is C10H22N2O. The molecule has 0 bridgehead atoms. The molecular weight excluding hydrogens is 164 g/mol. The Morgan fingerprint density at radius 1 is 1.62 bits per heavy atom. The number of hydrogen-bond donors (Lipinski definition) is 1. The van der Waals surface area contributed by atoms with Gasteiger partial charge in [-0.1, -0.05) is 0 Å². The molecule has 0 amide bonds. The molecule has 1 aliphatic rings. The summed E-state index contributed by atoms with van der Waals surface area (Å²) in [7, 11) is 2.01. The van der Waals surface area contributed by atoms with E-state index in [9.17, 15) is 0 Å². The molecule has 0 aliphatic carbocycles. The average Bonchev–Trinajstić information content (AvgIpc) is 2.15. The maximum atomic E-state index is 5.41. The minimum atomic E-state index is 0.584. The standard InChI is InChI=1S/C10H22N2O/c1-9(4-5-11-3)12-6-7-13-8-10(12)2/h9-11H,4-8H2,1-3H3. The van der Waals surface area contributed by atoms with Gasteiger partial charge in [0, 0.05) is 18.6 Å². The van der Waals surface area contributed by atoms with Crippen LogP contribution >= 0.6 is 0 Å². The molecule has 1 N–H and O–H groups in total. The summed E-state index contributed by atoms with van der Waals surface area (Å²) in [5.41, 5.74) is 0. The number of hydrogen-bond acceptors (Lipinski definition) is 3. The van der Waals surface area contributed by atoms with Crippen LogP contribution in [0.3, 0.4) is 0 Å². The summed E-state index contributed by atoms with van der Waals surface area (Å²) >= 11 is 0. The number of rotatable bonds is 4. The smallest absolute Gasteiger partial charge is 0.0619 e. The molecule has 1 saturated heterocycles. The summed E-state index contributed by atoms with van der Waals surface area (Å²) in [6.07, 6.45) is 1.22. The van der Waals surface area contributed by atoms with Crippen molar-refractivity contribution in [3.8, 4) is 0 Å². The number of nitrogens with one attached hydrogen (secondary N) is 1. The van der Waals surface area contributed by atoms with Gasteiger partial charge in [0.25, 0.3) is 0 Å². The zero-order valence-corrected chi connectivity index (χ0v) is 9.05. The Balaban J connectivity index is 2.30. The van der Waals surface area contributed by atoms with Gasteiger partial charge in [-0.25, -0.2) is 0 Å². The van der Waals surface area contributed by atoms with E-state index in [1.54, 1.807) is 0 Å². The lowest BCUT2D eigenvalue weighted by Crippen LogP contribution is -2.48. The predicted molar refractivity (Wildman–Crippen MR) is 55.0 cm³/mol. The van der Waals surface area contributed by atoms with E-state index in [1.807, 2.05) is 7.05 Å². The minimum absolute atomic E-state index is 0.584. The average molecular weight is 186 g/mol. The van der Waals surface area contributed by atoms with Crippen LogP contribution in [0.2, 0.25) is 0 Å². The third kappa shape index (κ3) is 3.25. The van der Waals surface area contributed by atoms with Gasteiger partial charge in [-0.3, -0.25) is 4.90 Å². The maximum Gasteiger partial charge on any atom is 0.0619 e. The highest BCUT2D eigenvalue weighted by Crippen LogP contribution is 2.12. The van der Waals surface area contributed by atoms with Gasteiger partial charge in [-0.05, 0) is 33.9 Å². The zero-order valence-electron chi connectivity index (χ0n) is 9.05. The van der Waals surface area contributed by atoms with E-state index in [-0.39, 0.29) is 0 Å². The van der Waals surface area contributed by atoms with Gasteiger partial charge < -0.3 is 10.1 Å². The van der Waals surface area contributed by atoms with E-state index in [2.05, 4.69) is 24.1 Å². The largest absolute Gasteiger partial charge is 0.379 e. The number of nitrogens with zero attached hydrogens (tertiary/aromatic N) is 1. The van der Waals surface area contributed by atoms with Gasteiger partial charge in [0.05, 0.1) is 13.2 Å². The first kappa shape index (κ1) is 11.0. The van der Waals surface area contributed by atoms with Crippen LogP contribution in [0.4, 0.5) is 0 Å². The van der Waals surface area contributed by atoms with E-state index in [1.165, 1.54) is 6.42 Å². The molecule has 3 heteroatoms. The van der Waals surface area contributed by atoms with Crippen molar-refractivity contribution in [1.82, 2.24) is 10.2 Å². The van der Waals surface area contributed by atoms with Crippen molar-refractivity contribution in [2.24, 2.45) is 0 Å². The summed E-state index contributed by atoms with van der Waals surface area (Å²) < 4.78 is 5.41. The molecule has 0 radical (unpaired) electrons. The third-order valence-corrected chi connectivity index (χ3v) is 2.80. The maximum absolute atomic E-state index is 5.41. The van der Waals surface area contributed by atoms with Crippen LogP contribution in [0.25, 0.3) is 0 Å². The van der Waals surface area contributed by atoms with Crippen molar-refractivity contribution in [1.29, 1.82) is 0 Å². The molecule has 0 saturated carbocycles. The van der Waals surface area contributed by atoms with Crippen LogP contribution in [-0.4, -0.2) is 50.3 Å². The topological polar surface area (TPSA) is 24.5 Å². The first-order valence-corrected chi connectivity index (χ1v) is 5.23. The molecule has 1 aliphatic heterocycles. The number of ether oxygens (including phenoxy) is 1. The van der Waals surface area contributed by atoms with E-state index in [0.717, 1.165) is 26.3 Å². The highest BCUT2D eigenvalue weighted by Gasteiger charge is 2.22. The van der Waals surface area contributed by atoms with Crippen LogP contribution in [0.5, 0.6) is 0 Å². The molecule has 2 unspecified atom stereocenters. The van der Waals surface area contributed by atoms with E-state index in [0.29, 0.717) is 12.1 Å². The van der Waals surface area contributed by atoms with Crippen LogP contribution in [0.15, 0.2) is 0 Å². The first-order valence-electron chi connectivity index (χ1n) is 5.23. The highest BCUT2D eigenvalue weighted by molar-refractivity contribution is 4.76. The van der Waals surface area contributed by atoms with Gasteiger partial charge in [0.15, 0.2) is 0 Å². The summed E-state index contributed by atoms with van der Waals surface area (Å²) in [4.78, 5) is 2.54. The second-order valence-corrected chi connectivity index (χ2v) is 3.90. The second-order valence-electron chi connectivity index (χ2n) is 3.90. The van der Waals surface area contributed by atoms with E-state index < -0.39 is 0 Å². The second kappa shape index (κ2) is 5.58. The Labute approximate surface area is 81.4 Å². The normalized spacial score (nSPS) is 27.5. The minimum Gasteiger partial charge on any atom is -0.379 e. The Morgan fingerprint density at radius 3 is 3.00 bits per heavy atom. The lowest BCUT2D eigenvalue weighted by Gasteiger charge is -2.37. The fourth-order valence-corrected chi connectivity index (χ4v) is 1.91. The van der Waals surface area contributed by atoms with Crippen LogP contribution in [0.1, 0.15) is 20.3 Å². The monoisotopic (exact) mass is 186 g/mol. The SMILES string of the molecule is CNCCC(C)N1CCOCC1C. The lowest BCUT2D eigenvalue weighted by atomic mass is 10.1. The van der Waals surface area contributed by atoms with Crippen LogP contribution < -0.4 is 5.32 Å². The van der Waals surface area contributed by atoms with Gasteiger partial charge >= 0.3 is 0 Å². The molecule has 0 aromatic rings. The summed E-state index contributed by atoms with van der Waals surface area (Å²) in [6.45, 7) is 8.53. The fourth-order valence-electron chi connectivity index (χ4n) is 1.91. The van der Waals surface area contributed by atoms with Crippen molar-refractivity contribution in [3.63, 3.8) is 0 Å². The van der Waals surface area contributed by atoms with Gasteiger partial charge in [0.1, 0.15) is 0 Å². The van der Waals surface area contributed by atoms with E-state index >= 15 is 0 Å². The molecule has 1 rings (SSSR count).